The minimum atomic E-state index is -0.134. The van der Waals surface area contributed by atoms with Crippen LogP contribution in [0.2, 0.25) is 0 Å². The zero-order chi connectivity index (χ0) is 19.9. The number of nitrogens with one attached hydrogen (secondary N) is 1. The molecule has 0 spiro atoms. The van der Waals surface area contributed by atoms with Crippen LogP contribution in [0.4, 0.5) is 11.4 Å². The molecule has 0 unspecified atom stereocenters. The smallest absolute Gasteiger partial charge is 0.243 e. The van der Waals surface area contributed by atoms with Crippen molar-refractivity contribution in [3.8, 4) is 17.2 Å². The molecule has 2 N–H and O–H groups in total. The maximum Gasteiger partial charge on any atom is 0.243 e. The molecule has 3 rings (SSSR count). The molecule has 0 aromatic heterocycles. The van der Waals surface area contributed by atoms with Crippen molar-refractivity contribution in [3.63, 3.8) is 0 Å². The van der Waals surface area contributed by atoms with Gasteiger partial charge in [-0.05, 0) is 55.2 Å². The first-order valence-electron chi connectivity index (χ1n) is 9.27. The quantitative estimate of drug-likeness (QED) is 0.712. The predicted molar refractivity (Wildman–Crippen MR) is 107 cm³/mol. The Morgan fingerprint density at radius 3 is 2.82 bits per heavy atom. The summed E-state index contributed by atoms with van der Waals surface area (Å²) in [6.45, 7) is 1.16. The number of hydrogen-bond donors (Lipinski definition) is 2. The number of aryl methyl sites for hydroxylation is 1. The summed E-state index contributed by atoms with van der Waals surface area (Å²) in [5.74, 6) is 1.23. The van der Waals surface area contributed by atoms with E-state index in [1.165, 1.54) is 0 Å². The molecule has 0 bridgehead atoms. The number of phenols is 1. The Labute approximate surface area is 164 Å². The van der Waals surface area contributed by atoms with Gasteiger partial charge in [0.15, 0.2) is 6.79 Å². The van der Waals surface area contributed by atoms with Gasteiger partial charge in [-0.25, -0.2) is 0 Å². The molecule has 0 atom stereocenters. The number of anilines is 2. The molecule has 0 fully saturated rings. The second-order valence-corrected chi connectivity index (χ2v) is 6.65. The molecule has 1 aliphatic heterocycles. The summed E-state index contributed by atoms with van der Waals surface area (Å²) in [4.78, 5) is 14.7. The highest BCUT2D eigenvalue weighted by molar-refractivity contribution is 5.95. The van der Waals surface area contributed by atoms with Crippen LogP contribution in [-0.4, -0.2) is 45.1 Å². The van der Waals surface area contributed by atoms with Crippen molar-refractivity contribution in [1.29, 1.82) is 0 Å². The van der Waals surface area contributed by atoms with E-state index in [0.29, 0.717) is 17.2 Å². The number of carbonyl (C=O) groups is 1. The molecule has 2 aromatic carbocycles. The molecule has 150 valence electrons. The van der Waals surface area contributed by atoms with Gasteiger partial charge in [0, 0.05) is 25.4 Å². The van der Waals surface area contributed by atoms with Crippen LogP contribution in [0.5, 0.6) is 17.2 Å². The van der Waals surface area contributed by atoms with E-state index in [0.717, 1.165) is 37.1 Å². The topological polar surface area (TPSA) is 80.3 Å². The third kappa shape index (κ3) is 4.86. The molecule has 1 aliphatic rings. The zero-order valence-corrected chi connectivity index (χ0v) is 16.2. The molecule has 1 heterocycles. The number of benzene rings is 2. The number of aromatic hydroxyl groups is 1. The highest BCUT2D eigenvalue weighted by Gasteiger charge is 2.19. The highest BCUT2D eigenvalue weighted by Crippen LogP contribution is 2.31. The second-order valence-electron chi connectivity index (χ2n) is 6.65. The lowest BCUT2D eigenvalue weighted by atomic mass is 10.1. The molecular formula is C21H26N2O5. The summed E-state index contributed by atoms with van der Waals surface area (Å²) in [6.07, 6.45) is 2.93. The molecule has 7 nitrogen and oxygen atoms in total. The number of fused-ring (bicyclic) bond motifs is 1. The lowest BCUT2D eigenvalue weighted by molar-refractivity contribution is -0.115. The molecule has 0 aliphatic carbocycles. The molecular weight excluding hydrogens is 360 g/mol. The summed E-state index contributed by atoms with van der Waals surface area (Å²) >= 11 is 0. The first-order valence-corrected chi connectivity index (χ1v) is 9.27. The molecule has 0 saturated heterocycles. The Morgan fingerprint density at radius 1 is 1.18 bits per heavy atom. The summed E-state index contributed by atoms with van der Waals surface area (Å²) in [7, 11) is 3.09. The van der Waals surface area contributed by atoms with Crippen LogP contribution in [0.25, 0.3) is 0 Å². The number of ether oxygens (including phenoxy) is 3. The number of carbonyl (C=O) groups excluding carboxylic acids is 1. The fourth-order valence-corrected chi connectivity index (χ4v) is 3.34. The van der Waals surface area contributed by atoms with Crippen LogP contribution in [0.15, 0.2) is 36.4 Å². The normalized spacial score (nSPS) is 13.4. The predicted octanol–water partition coefficient (Wildman–Crippen LogP) is 3.16. The minimum Gasteiger partial charge on any atom is -0.508 e. The Balaban J connectivity index is 1.70. The van der Waals surface area contributed by atoms with Crippen LogP contribution >= 0.6 is 0 Å². The van der Waals surface area contributed by atoms with Crippen LogP contribution in [0.1, 0.15) is 18.4 Å². The van der Waals surface area contributed by atoms with Gasteiger partial charge >= 0.3 is 0 Å². The van der Waals surface area contributed by atoms with E-state index in [2.05, 4.69) is 10.2 Å². The van der Waals surface area contributed by atoms with Crippen molar-refractivity contribution in [2.75, 3.05) is 44.3 Å². The largest absolute Gasteiger partial charge is 0.508 e. The average Bonchev–Trinajstić information content (AvgIpc) is 2.88. The first-order chi connectivity index (χ1) is 13.6. The van der Waals surface area contributed by atoms with Gasteiger partial charge < -0.3 is 29.5 Å². The number of nitrogens with zero attached hydrogens (tertiary/aromatic N) is 1. The average molecular weight is 386 g/mol. The van der Waals surface area contributed by atoms with E-state index in [-0.39, 0.29) is 25.0 Å². The zero-order valence-electron chi connectivity index (χ0n) is 16.2. The molecule has 7 heteroatoms. The summed E-state index contributed by atoms with van der Waals surface area (Å²) in [5, 5.41) is 12.7. The Kier molecular flexibility index (Phi) is 6.60. The van der Waals surface area contributed by atoms with E-state index < -0.39 is 0 Å². The van der Waals surface area contributed by atoms with Crippen LogP contribution in [0.3, 0.4) is 0 Å². The van der Waals surface area contributed by atoms with Crippen LogP contribution in [-0.2, 0) is 16.0 Å². The van der Waals surface area contributed by atoms with Gasteiger partial charge in [0.25, 0.3) is 0 Å². The third-order valence-corrected chi connectivity index (χ3v) is 4.65. The van der Waals surface area contributed by atoms with Gasteiger partial charge in [-0.2, -0.15) is 0 Å². The van der Waals surface area contributed by atoms with E-state index in [1.54, 1.807) is 44.6 Å². The highest BCUT2D eigenvalue weighted by atomic mass is 16.7. The number of amides is 1. The maximum absolute atomic E-state index is 12.7. The van der Waals surface area contributed by atoms with Crippen molar-refractivity contribution in [2.24, 2.45) is 0 Å². The number of rotatable bonds is 7. The van der Waals surface area contributed by atoms with Crippen molar-refractivity contribution < 1.29 is 24.1 Å². The maximum atomic E-state index is 12.7. The van der Waals surface area contributed by atoms with E-state index in [9.17, 15) is 9.90 Å². The third-order valence-electron chi connectivity index (χ3n) is 4.65. The van der Waals surface area contributed by atoms with Crippen molar-refractivity contribution in [2.45, 2.75) is 19.3 Å². The van der Waals surface area contributed by atoms with Crippen molar-refractivity contribution in [1.82, 2.24) is 0 Å². The SMILES string of the molecule is COCOc1ccc(NC(=O)CN2CCCCc3cc(O)ccc32)c(OC)c1. The van der Waals surface area contributed by atoms with Gasteiger partial charge in [-0.1, -0.05) is 0 Å². The van der Waals surface area contributed by atoms with Gasteiger partial charge in [0.2, 0.25) is 5.91 Å². The molecule has 2 aromatic rings. The Morgan fingerprint density at radius 2 is 2.04 bits per heavy atom. The fourth-order valence-electron chi connectivity index (χ4n) is 3.34. The van der Waals surface area contributed by atoms with Crippen molar-refractivity contribution in [3.05, 3.63) is 42.0 Å². The minimum absolute atomic E-state index is 0.134. The summed E-state index contributed by atoms with van der Waals surface area (Å²) in [5.41, 5.74) is 2.65. The molecule has 1 amide bonds. The van der Waals surface area contributed by atoms with E-state index in [1.807, 2.05) is 6.07 Å². The van der Waals surface area contributed by atoms with Crippen LogP contribution in [0, 0.1) is 0 Å². The number of hydrogen-bond acceptors (Lipinski definition) is 6. The van der Waals surface area contributed by atoms with E-state index in [4.69, 9.17) is 14.2 Å². The Bertz CT molecular complexity index is 824. The van der Waals surface area contributed by atoms with Crippen molar-refractivity contribution >= 4 is 17.3 Å². The van der Waals surface area contributed by atoms with Gasteiger partial charge in [-0.3, -0.25) is 4.79 Å². The standard InChI is InChI=1S/C21H26N2O5/c1-26-14-28-17-7-8-18(20(12-17)27-2)22-21(25)13-23-10-4-3-5-15-11-16(24)6-9-19(15)23/h6-9,11-12,24H,3-5,10,13-14H2,1-2H3,(H,22,25). The van der Waals surface area contributed by atoms with Gasteiger partial charge in [-0.15, -0.1) is 0 Å². The van der Waals surface area contributed by atoms with Gasteiger partial charge in [0.1, 0.15) is 17.2 Å². The monoisotopic (exact) mass is 386 g/mol. The molecule has 28 heavy (non-hydrogen) atoms. The van der Waals surface area contributed by atoms with E-state index >= 15 is 0 Å². The lowest BCUT2D eigenvalue weighted by Gasteiger charge is -2.24. The molecule has 0 saturated carbocycles. The van der Waals surface area contributed by atoms with Gasteiger partial charge in [0.05, 0.1) is 19.3 Å². The summed E-state index contributed by atoms with van der Waals surface area (Å²) < 4.78 is 15.7. The fraction of sp³-hybridized carbons (Fsp3) is 0.381. The molecule has 0 radical (unpaired) electrons. The number of methoxy groups -OCH3 is 2. The lowest BCUT2D eigenvalue weighted by Crippen LogP contribution is -2.34. The summed E-state index contributed by atoms with van der Waals surface area (Å²) in [6, 6.07) is 10.5. The van der Waals surface area contributed by atoms with Crippen LogP contribution < -0.4 is 19.7 Å². The second kappa shape index (κ2) is 9.32. The first kappa shape index (κ1) is 19.8. The Hall–Kier alpha value is -2.93. The number of phenolic OH excluding ortho intramolecular Hbond substituents is 1.